The van der Waals surface area contributed by atoms with Crippen molar-refractivity contribution in [3.63, 3.8) is 0 Å². The molecule has 10 heteroatoms. The Kier molecular flexibility index (Phi) is 7.01. The number of nitrogens with zero attached hydrogens (tertiary/aromatic N) is 5. The predicted molar refractivity (Wildman–Crippen MR) is 128 cm³/mol. The number of hydrogen-bond donors (Lipinski definition) is 2. The van der Waals surface area contributed by atoms with E-state index in [1.54, 1.807) is 12.4 Å². The minimum Gasteiger partial charge on any atom is -0.368 e. The second kappa shape index (κ2) is 9.92. The van der Waals surface area contributed by atoms with Gasteiger partial charge in [-0.3, -0.25) is 4.79 Å². The van der Waals surface area contributed by atoms with Gasteiger partial charge < -0.3 is 20.1 Å². The SMILES string of the molecule is CN(Cc1ccc(Cl)c(Cl)c1)c1nc(NCCCNC(=O)C2CCC2)c2c(ncn2C)n1. The number of carbonyl (C=O) groups excluding carboxylic acids is 1. The first-order valence-corrected chi connectivity index (χ1v) is 11.5. The molecular weight excluding hydrogens is 449 g/mol. The van der Waals surface area contributed by atoms with E-state index in [9.17, 15) is 4.79 Å². The van der Waals surface area contributed by atoms with Gasteiger partial charge >= 0.3 is 0 Å². The average molecular weight is 476 g/mol. The fourth-order valence-corrected chi connectivity index (χ4v) is 3.96. The summed E-state index contributed by atoms with van der Waals surface area (Å²) in [4.78, 5) is 27.7. The van der Waals surface area contributed by atoms with Crippen molar-refractivity contribution in [2.75, 3.05) is 30.4 Å². The molecule has 1 fully saturated rings. The Balaban J connectivity index is 1.42. The zero-order chi connectivity index (χ0) is 22.7. The summed E-state index contributed by atoms with van der Waals surface area (Å²) in [7, 11) is 3.84. The molecule has 1 aromatic carbocycles. The maximum Gasteiger partial charge on any atom is 0.229 e. The van der Waals surface area contributed by atoms with Gasteiger partial charge in [0.1, 0.15) is 5.52 Å². The molecular formula is C22H27Cl2N7O. The van der Waals surface area contributed by atoms with Crippen LogP contribution in [0.1, 0.15) is 31.2 Å². The lowest BCUT2D eigenvalue weighted by Gasteiger charge is -2.24. The van der Waals surface area contributed by atoms with Gasteiger partial charge in [0.15, 0.2) is 11.5 Å². The first-order valence-electron chi connectivity index (χ1n) is 10.8. The molecule has 4 rings (SSSR count). The van der Waals surface area contributed by atoms with Gasteiger partial charge in [-0.25, -0.2) is 4.98 Å². The van der Waals surface area contributed by atoms with E-state index in [0.29, 0.717) is 41.3 Å². The van der Waals surface area contributed by atoms with Crippen LogP contribution in [0, 0.1) is 5.92 Å². The van der Waals surface area contributed by atoms with Crippen LogP contribution in [0.5, 0.6) is 0 Å². The zero-order valence-corrected chi connectivity index (χ0v) is 19.7. The molecule has 2 N–H and O–H groups in total. The van der Waals surface area contributed by atoms with Gasteiger partial charge in [0, 0.05) is 39.6 Å². The summed E-state index contributed by atoms with van der Waals surface area (Å²) in [5.41, 5.74) is 2.47. The Morgan fingerprint density at radius 3 is 2.75 bits per heavy atom. The molecule has 1 aliphatic carbocycles. The fourth-order valence-electron chi connectivity index (χ4n) is 3.64. The molecule has 3 aromatic rings. The second-order valence-corrected chi connectivity index (χ2v) is 9.02. The summed E-state index contributed by atoms with van der Waals surface area (Å²) >= 11 is 12.2. The number of aromatic nitrogens is 4. The molecule has 1 saturated carbocycles. The maximum atomic E-state index is 12.0. The van der Waals surface area contributed by atoms with Crippen LogP contribution < -0.4 is 15.5 Å². The highest BCUT2D eigenvalue weighted by Crippen LogP contribution is 2.27. The minimum atomic E-state index is 0.179. The monoisotopic (exact) mass is 475 g/mol. The molecule has 170 valence electrons. The molecule has 1 amide bonds. The van der Waals surface area contributed by atoms with Crippen LogP contribution in [0.3, 0.4) is 0 Å². The Bertz CT molecular complexity index is 1110. The molecule has 2 aromatic heterocycles. The van der Waals surface area contributed by atoms with Crippen LogP contribution in [0.4, 0.5) is 11.8 Å². The summed E-state index contributed by atoms with van der Waals surface area (Å²) in [6.45, 7) is 1.89. The zero-order valence-electron chi connectivity index (χ0n) is 18.2. The summed E-state index contributed by atoms with van der Waals surface area (Å²) in [5.74, 6) is 1.67. The molecule has 8 nitrogen and oxygen atoms in total. The third kappa shape index (κ3) is 5.07. The van der Waals surface area contributed by atoms with E-state index < -0.39 is 0 Å². The number of halogens is 2. The number of benzene rings is 1. The first-order chi connectivity index (χ1) is 15.4. The number of carbonyl (C=O) groups is 1. The van der Waals surface area contributed by atoms with Crippen LogP contribution in [-0.2, 0) is 18.4 Å². The highest BCUT2D eigenvalue weighted by atomic mass is 35.5. The minimum absolute atomic E-state index is 0.179. The van der Waals surface area contributed by atoms with Gasteiger partial charge in [-0.05, 0) is 37.0 Å². The van der Waals surface area contributed by atoms with Crippen LogP contribution >= 0.6 is 23.2 Å². The quantitative estimate of drug-likeness (QED) is 0.454. The van der Waals surface area contributed by atoms with Crippen molar-refractivity contribution in [3.8, 4) is 0 Å². The summed E-state index contributed by atoms with van der Waals surface area (Å²) in [6, 6.07) is 5.56. The summed E-state index contributed by atoms with van der Waals surface area (Å²) in [5, 5.41) is 7.46. The number of hydrogen-bond acceptors (Lipinski definition) is 6. The normalized spacial score (nSPS) is 13.8. The summed E-state index contributed by atoms with van der Waals surface area (Å²) in [6.07, 6.45) is 5.72. The lowest BCUT2D eigenvalue weighted by Crippen LogP contribution is -2.35. The molecule has 0 saturated heterocycles. The highest BCUT2D eigenvalue weighted by Gasteiger charge is 2.24. The lowest BCUT2D eigenvalue weighted by molar-refractivity contribution is -0.127. The van der Waals surface area contributed by atoms with Gasteiger partial charge in [-0.1, -0.05) is 35.7 Å². The van der Waals surface area contributed by atoms with Crippen LogP contribution in [0.2, 0.25) is 10.0 Å². The van der Waals surface area contributed by atoms with Crippen molar-refractivity contribution in [2.45, 2.75) is 32.2 Å². The van der Waals surface area contributed by atoms with Crippen LogP contribution in [0.15, 0.2) is 24.5 Å². The largest absolute Gasteiger partial charge is 0.368 e. The van der Waals surface area contributed by atoms with E-state index in [2.05, 4.69) is 20.6 Å². The van der Waals surface area contributed by atoms with Gasteiger partial charge in [-0.2, -0.15) is 9.97 Å². The molecule has 0 spiro atoms. The molecule has 1 aliphatic rings. The highest BCUT2D eigenvalue weighted by molar-refractivity contribution is 6.42. The third-order valence-electron chi connectivity index (χ3n) is 5.73. The number of anilines is 2. The molecule has 0 unspecified atom stereocenters. The Labute approximate surface area is 197 Å². The van der Waals surface area contributed by atoms with Crippen molar-refractivity contribution in [1.82, 2.24) is 24.8 Å². The van der Waals surface area contributed by atoms with Crippen LogP contribution in [-0.4, -0.2) is 45.6 Å². The smallest absolute Gasteiger partial charge is 0.229 e. The van der Waals surface area contributed by atoms with Gasteiger partial charge in [0.2, 0.25) is 11.9 Å². The Hall–Kier alpha value is -2.58. The molecule has 32 heavy (non-hydrogen) atoms. The molecule has 0 radical (unpaired) electrons. The number of nitrogens with one attached hydrogen (secondary N) is 2. The van der Waals surface area contributed by atoms with Gasteiger partial charge in [-0.15, -0.1) is 0 Å². The third-order valence-corrected chi connectivity index (χ3v) is 6.47. The number of rotatable bonds is 9. The first kappa shape index (κ1) is 22.6. The van der Waals surface area contributed by atoms with E-state index in [0.717, 1.165) is 42.6 Å². The lowest BCUT2D eigenvalue weighted by atomic mass is 9.85. The summed E-state index contributed by atoms with van der Waals surface area (Å²) < 4.78 is 1.90. The van der Waals surface area contributed by atoms with Gasteiger partial charge in [0.05, 0.1) is 16.4 Å². The topological polar surface area (TPSA) is 88.0 Å². The fraction of sp³-hybridized carbons (Fsp3) is 0.455. The molecule has 0 atom stereocenters. The number of aryl methyl sites for hydroxylation is 1. The number of imidazole rings is 1. The maximum absolute atomic E-state index is 12.0. The van der Waals surface area contributed by atoms with Crippen molar-refractivity contribution >= 4 is 52.0 Å². The van der Waals surface area contributed by atoms with Crippen molar-refractivity contribution in [1.29, 1.82) is 0 Å². The van der Waals surface area contributed by atoms with Crippen LogP contribution in [0.25, 0.3) is 11.2 Å². The standard InChI is InChI=1S/C22H27Cl2N7O/c1-30(12-14-7-8-16(23)17(24)11-14)22-28-19(18-20(29-22)27-13-31(18)2)25-9-4-10-26-21(32)15-5-3-6-15/h7-8,11,13,15H,3-6,9-10,12H2,1-2H3,(H,26,32)(H,25,28,29). The molecule has 0 aliphatic heterocycles. The predicted octanol–water partition coefficient (Wildman–Crippen LogP) is 4.02. The van der Waals surface area contributed by atoms with Crippen molar-refractivity contribution in [2.24, 2.45) is 13.0 Å². The van der Waals surface area contributed by atoms with Crippen molar-refractivity contribution in [3.05, 3.63) is 40.1 Å². The number of fused-ring (bicyclic) bond motifs is 1. The van der Waals surface area contributed by atoms with Gasteiger partial charge in [0.25, 0.3) is 0 Å². The molecule has 2 heterocycles. The van der Waals surface area contributed by atoms with E-state index in [4.69, 9.17) is 28.2 Å². The average Bonchev–Trinajstić information content (AvgIpc) is 3.10. The molecule has 0 bridgehead atoms. The van der Waals surface area contributed by atoms with E-state index in [1.165, 1.54) is 0 Å². The van der Waals surface area contributed by atoms with Crippen molar-refractivity contribution < 1.29 is 4.79 Å². The number of amides is 1. The van der Waals surface area contributed by atoms with E-state index in [-0.39, 0.29) is 11.8 Å². The second-order valence-electron chi connectivity index (χ2n) is 8.20. The Morgan fingerprint density at radius 2 is 2.03 bits per heavy atom. The van der Waals surface area contributed by atoms with E-state index >= 15 is 0 Å². The Morgan fingerprint density at radius 1 is 1.22 bits per heavy atom. The van der Waals surface area contributed by atoms with E-state index in [1.807, 2.05) is 35.7 Å².